The fourth-order valence-corrected chi connectivity index (χ4v) is 3.51. The highest BCUT2D eigenvalue weighted by molar-refractivity contribution is 5.78. The predicted octanol–water partition coefficient (Wildman–Crippen LogP) is 3.34. The number of fused-ring (bicyclic) bond motifs is 1. The lowest BCUT2D eigenvalue weighted by atomic mass is 10.1. The van der Waals surface area contributed by atoms with Crippen LogP contribution in [0.15, 0.2) is 59.4 Å². The van der Waals surface area contributed by atoms with E-state index in [1.807, 2.05) is 55.5 Å². The Morgan fingerprint density at radius 3 is 2.57 bits per heavy atom. The molecule has 1 N–H and O–H groups in total. The molecule has 1 atom stereocenters. The molecule has 3 rings (SSSR count). The molecule has 0 aliphatic rings. The SMILES string of the molecule is CCC(c1nc2ccccc2c(=O)n1CCOC)N(C)C(=O)NCc1ccccc1. The fraction of sp³-hybridized carbons (Fsp3) is 0.348. The second-order valence-corrected chi connectivity index (χ2v) is 7.12. The average Bonchev–Trinajstić information content (AvgIpc) is 2.78. The molecule has 0 fully saturated rings. The van der Waals surface area contributed by atoms with Crippen molar-refractivity contribution < 1.29 is 9.53 Å². The summed E-state index contributed by atoms with van der Waals surface area (Å²) in [4.78, 5) is 32.3. The largest absolute Gasteiger partial charge is 0.383 e. The standard InChI is InChI=1S/C23H28N4O3/c1-4-20(26(2)23(29)24-16-17-10-6-5-7-11-17)21-25-19-13-9-8-12-18(19)22(28)27(21)14-15-30-3/h5-13,20H,4,14-16H2,1-3H3,(H,24,29). The van der Waals surface area contributed by atoms with Crippen LogP contribution in [0.2, 0.25) is 0 Å². The van der Waals surface area contributed by atoms with Crippen LogP contribution >= 0.6 is 0 Å². The lowest BCUT2D eigenvalue weighted by Gasteiger charge is -2.29. The first-order valence-corrected chi connectivity index (χ1v) is 10.1. The third kappa shape index (κ3) is 4.68. The molecule has 7 heteroatoms. The first-order chi connectivity index (χ1) is 14.6. The highest BCUT2D eigenvalue weighted by atomic mass is 16.5. The van der Waals surface area contributed by atoms with Gasteiger partial charge in [0.05, 0.1) is 30.1 Å². The van der Waals surface area contributed by atoms with Crippen molar-refractivity contribution in [3.05, 3.63) is 76.3 Å². The molecule has 0 radical (unpaired) electrons. The van der Waals surface area contributed by atoms with Crippen LogP contribution in [-0.4, -0.2) is 41.2 Å². The number of urea groups is 1. The summed E-state index contributed by atoms with van der Waals surface area (Å²) >= 11 is 0. The van der Waals surface area contributed by atoms with Crippen molar-refractivity contribution >= 4 is 16.9 Å². The number of benzene rings is 2. The van der Waals surface area contributed by atoms with Gasteiger partial charge in [-0.2, -0.15) is 0 Å². The molecular weight excluding hydrogens is 380 g/mol. The molecule has 2 amide bonds. The average molecular weight is 409 g/mol. The molecule has 0 saturated carbocycles. The summed E-state index contributed by atoms with van der Waals surface area (Å²) in [5.74, 6) is 0.565. The van der Waals surface area contributed by atoms with Gasteiger partial charge < -0.3 is 15.0 Å². The van der Waals surface area contributed by atoms with Gasteiger partial charge in [-0.25, -0.2) is 9.78 Å². The first-order valence-electron chi connectivity index (χ1n) is 10.1. The minimum absolute atomic E-state index is 0.121. The van der Waals surface area contributed by atoms with Crippen LogP contribution in [0.1, 0.15) is 30.8 Å². The normalized spacial score (nSPS) is 12.0. The van der Waals surface area contributed by atoms with E-state index in [4.69, 9.17) is 9.72 Å². The van der Waals surface area contributed by atoms with E-state index in [1.165, 1.54) is 0 Å². The quantitative estimate of drug-likeness (QED) is 0.620. The van der Waals surface area contributed by atoms with E-state index in [2.05, 4.69) is 5.32 Å². The number of methoxy groups -OCH3 is 1. The van der Waals surface area contributed by atoms with Crippen LogP contribution in [0.25, 0.3) is 10.9 Å². The third-order valence-electron chi connectivity index (χ3n) is 5.17. The molecule has 2 aromatic carbocycles. The molecule has 0 bridgehead atoms. The minimum atomic E-state index is -0.352. The first kappa shape index (κ1) is 21.5. The second-order valence-electron chi connectivity index (χ2n) is 7.12. The second kappa shape index (κ2) is 10.0. The van der Waals surface area contributed by atoms with Gasteiger partial charge in [-0.3, -0.25) is 9.36 Å². The Morgan fingerprint density at radius 2 is 1.87 bits per heavy atom. The summed E-state index contributed by atoms with van der Waals surface area (Å²) in [6, 6.07) is 16.5. The number of aromatic nitrogens is 2. The number of rotatable bonds is 8. The molecule has 158 valence electrons. The van der Waals surface area contributed by atoms with E-state index in [0.717, 1.165) is 5.56 Å². The molecular formula is C23H28N4O3. The maximum absolute atomic E-state index is 13.1. The fourth-order valence-electron chi connectivity index (χ4n) is 3.51. The maximum atomic E-state index is 13.1. The number of carbonyl (C=O) groups excluding carboxylic acids is 1. The number of hydrogen-bond donors (Lipinski definition) is 1. The number of nitrogens with one attached hydrogen (secondary N) is 1. The summed E-state index contributed by atoms with van der Waals surface area (Å²) in [5.41, 5.74) is 1.53. The molecule has 0 aliphatic carbocycles. The van der Waals surface area contributed by atoms with Crippen LogP contribution in [0.5, 0.6) is 0 Å². The van der Waals surface area contributed by atoms with Crippen LogP contribution in [0.4, 0.5) is 4.79 Å². The highest BCUT2D eigenvalue weighted by Gasteiger charge is 2.25. The Hall–Kier alpha value is -3.19. The monoisotopic (exact) mass is 408 g/mol. The number of para-hydroxylation sites is 1. The molecule has 1 aromatic heterocycles. The van der Waals surface area contributed by atoms with Gasteiger partial charge in [0.15, 0.2) is 0 Å². The lowest BCUT2D eigenvalue weighted by molar-refractivity contribution is 0.172. The molecule has 0 saturated heterocycles. The van der Waals surface area contributed by atoms with E-state index in [1.54, 1.807) is 29.7 Å². The van der Waals surface area contributed by atoms with Gasteiger partial charge in [0, 0.05) is 20.7 Å². The number of nitrogens with zero attached hydrogens (tertiary/aromatic N) is 3. The van der Waals surface area contributed by atoms with Crippen molar-refractivity contribution in [2.24, 2.45) is 0 Å². The van der Waals surface area contributed by atoms with E-state index in [-0.39, 0.29) is 17.6 Å². The molecule has 1 heterocycles. The topological polar surface area (TPSA) is 76.5 Å². The van der Waals surface area contributed by atoms with Crippen molar-refractivity contribution in [1.29, 1.82) is 0 Å². The van der Waals surface area contributed by atoms with Gasteiger partial charge in [0.25, 0.3) is 5.56 Å². The van der Waals surface area contributed by atoms with Crippen molar-refractivity contribution in [2.75, 3.05) is 20.8 Å². The van der Waals surface area contributed by atoms with Gasteiger partial charge >= 0.3 is 6.03 Å². The van der Waals surface area contributed by atoms with E-state index in [9.17, 15) is 9.59 Å². The lowest BCUT2D eigenvalue weighted by Crippen LogP contribution is -2.41. The molecule has 0 spiro atoms. The zero-order valence-corrected chi connectivity index (χ0v) is 17.7. The summed E-state index contributed by atoms with van der Waals surface area (Å²) in [7, 11) is 3.33. The molecule has 3 aromatic rings. The summed E-state index contributed by atoms with van der Waals surface area (Å²) in [6.45, 7) is 3.17. The Bertz CT molecular complexity index is 1050. The van der Waals surface area contributed by atoms with E-state index < -0.39 is 0 Å². The zero-order chi connectivity index (χ0) is 21.5. The van der Waals surface area contributed by atoms with Gasteiger partial charge in [0.1, 0.15) is 5.82 Å². The zero-order valence-electron chi connectivity index (χ0n) is 17.7. The van der Waals surface area contributed by atoms with Crippen molar-refractivity contribution in [1.82, 2.24) is 19.8 Å². The van der Waals surface area contributed by atoms with Crippen molar-refractivity contribution in [3.8, 4) is 0 Å². The molecule has 30 heavy (non-hydrogen) atoms. The third-order valence-corrected chi connectivity index (χ3v) is 5.17. The van der Waals surface area contributed by atoms with Crippen molar-refractivity contribution in [3.63, 3.8) is 0 Å². The van der Waals surface area contributed by atoms with Crippen LogP contribution < -0.4 is 10.9 Å². The van der Waals surface area contributed by atoms with E-state index >= 15 is 0 Å². The highest BCUT2D eigenvalue weighted by Crippen LogP contribution is 2.22. The summed E-state index contributed by atoms with van der Waals surface area (Å²) < 4.78 is 6.82. The minimum Gasteiger partial charge on any atom is -0.383 e. The number of ether oxygens (including phenoxy) is 1. The smallest absolute Gasteiger partial charge is 0.318 e. The Kier molecular flexibility index (Phi) is 7.19. The molecule has 0 aliphatic heterocycles. The van der Waals surface area contributed by atoms with E-state index in [0.29, 0.717) is 42.8 Å². The number of amides is 2. The maximum Gasteiger partial charge on any atom is 0.318 e. The number of hydrogen-bond acceptors (Lipinski definition) is 4. The molecule has 1 unspecified atom stereocenters. The van der Waals surface area contributed by atoms with Gasteiger partial charge in [-0.05, 0) is 24.1 Å². The van der Waals surface area contributed by atoms with Crippen LogP contribution in [0, 0.1) is 0 Å². The van der Waals surface area contributed by atoms with Crippen molar-refractivity contribution in [2.45, 2.75) is 32.5 Å². The Labute approximate surface area is 176 Å². The van der Waals surface area contributed by atoms with Crippen LogP contribution in [-0.2, 0) is 17.8 Å². The van der Waals surface area contributed by atoms with Gasteiger partial charge in [-0.1, -0.05) is 49.4 Å². The van der Waals surface area contributed by atoms with Gasteiger partial charge in [0.2, 0.25) is 0 Å². The summed E-state index contributed by atoms with van der Waals surface area (Å²) in [5, 5.41) is 3.50. The predicted molar refractivity (Wildman–Crippen MR) is 117 cm³/mol. The van der Waals surface area contributed by atoms with Gasteiger partial charge in [-0.15, -0.1) is 0 Å². The Morgan fingerprint density at radius 1 is 1.17 bits per heavy atom. The van der Waals surface area contributed by atoms with Crippen LogP contribution in [0.3, 0.4) is 0 Å². The summed E-state index contributed by atoms with van der Waals surface area (Å²) in [6.07, 6.45) is 0.618. The Balaban J connectivity index is 1.92. The molecule has 7 nitrogen and oxygen atoms in total. The number of carbonyl (C=O) groups is 1.